The van der Waals surface area contributed by atoms with Gasteiger partial charge in [-0.1, -0.05) is 91.0 Å². The largest absolute Gasteiger partial charge is 0.275 e. The molecule has 0 aliphatic rings. The number of nitrogens with one attached hydrogen (secondary N) is 1. The van der Waals surface area contributed by atoms with Gasteiger partial charge in [-0.25, -0.2) is 5.14 Å². The molecule has 5 heteroatoms. The van der Waals surface area contributed by atoms with Crippen LogP contribution in [0.3, 0.4) is 0 Å². The fourth-order valence-electron chi connectivity index (χ4n) is 2.95. The van der Waals surface area contributed by atoms with E-state index in [4.69, 9.17) is 5.14 Å². The Balaban J connectivity index is 2.37. The normalized spacial score (nSPS) is 12.0. The van der Waals surface area contributed by atoms with Crippen molar-refractivity contribution in [1.29, 1.82) is 0 Å². The molecule has 0 heterocycles. The van der Waals surface area contributed by atoms with Crippen LogP contribution in [0.2, 0.25) is 0 Å². The van der Waals surface area contributed by atoms with Gasteiger partial charge in [0.05, 0.1) is 0 Å². The van der Waals surface area contributed by atoms with Gasteiger partial charge in [0.15, 0.2) is 0 Å². The third-order valence-corrected chi connectivity index (χ3v) is 4.51. The highest BCUT2D eigenvalue weighted by molar-refractivity contribution is 7.87. The fraction of sp³-hybridized carbons (Fsp3) is 0.0526. The quantitative estimate of drug-likeness (QED) is 0.702. The maximum Gasteiger partial charge on any atom is 0.275 e. The smallest absolute Gasteiger partial charge is 0.216 e. The van der Waals surface area contributed by atoms with Gasteiger partial charge in [0, 0.05) is 0 Å². The number of hydrogen-bond donors (Lipinski definition) is 2. The molecule has 0 atom stereocenters. The molecule has 3 N–H and O–H groups in total. The van der Waals surface area contributed by atoms with E-state index in [0.717, 1.165) is 16.7 Å². The maximum atomic E-state index is 12.0. The van der Waals surface area contributed by atoms with E-state index in [9.17, 15) is 8.42 Å². The van der Waals surface area contributed by atoms with Crippen LogP contribution in [0.4, 0.5) is 0 Å². The van der Waals surface area contributed by atoms with Gasteiger partial charge < -0.3 is 0 Å². The van der Waals surface area contributed by atoms with Crippen LogP contribution in [-0.4, -0.2) is 8.42 Å². The van der Waals surface area contributed by atoms with Crippen molar-refractivity contribution in [3.8, 4) is 0 Å². The molecule has 0 aliphatic heterocycles. The molecule has 0 aromatic heterocycles. The van der Waals surface area contributed by atoms with Crippen LogP contribution in [0, 0.1) is 0 Å². The van der Waals surface area contributed by atoms with Crippen molar-refractivity contribution in [2.75, 3.05) is 0 Å². The summed E-state index contributed by atoms with van der Waals surface area (Å²) in [5, 5.41) is 5.39. The first-order valence-corrected chi connectivity index (χ1v) is 9.05. The van der Waals surface area contributed by atoms with E-state index >= 15 is 0 Å². The van der Waals surface area contributed by atoms with Gasteiger partial charge >= 0.3 is 0 Å². The first-order valence-electron chi connectivity index (χ1n) is 7.51. The molecule has 0 spiro atoms. The van der Waals surface area contributed by atoms with E-state index in [0.29, 0.717) is 0 Å². The third-order valence-electron chi connectivity index (χ3n) is 3.92. The van der Waals surface area contributed by atoms with Crippen LogP contribution in [0.5, 0.6) is 0 Å². The first kappa shape index (κ1) is 16.4. The van der Waals surface area contributed by atoms with Gasteiger partial charge in [-0.2, -0.15) is 13.1 Å². The average Bonchev–Trinajstić information content (AvgIpc) is 2.61. The first-order chi connectivity index (χ1) is 11.5. The zero-order chi connectivity index (χ0) is 17.0. The van der Waals surface area contributed by atoms with E-state index in [1.807, 2.05) is 91.0 Å². The van der Waals surface area contributed by atoms with Crippen molar-refractivity contribution >= 4 is 10.2 Å². The Morgan fingerprint density at radius 3 is 1.17 bits per heavy atom. The summed E-state index contributed by atoms with van der Waals surface area (Å²) < 4.78 is 26.7. The predicted molar refractivity (Wildman–Crippen MR) is 95.5 cm³/mol. The zero-order valence-corrected chi connectivity index (χ0v) is 13.8. The van der Waals surface area contributed by atoms with Crippen molar-refractivity contribution in [2.24, 2.45) is 5.14 Å². The van der Waals surface area contributed by atoms with Crippen molar-refractivity contribution in [3.05, 3.63) is 108 Å². The molecule has 0 aliphatic carbocycles. The Kier molecular flexibility index (Phi) is 4.49. The minimum Gasteiger partial charge on any atom is -0.216 e. The number of nitrogens with two attached hydrogens (primary N) is 1. The second-order valence-electron chi connectivity index (χ2n) is 5.50. The summed E-state index contributed by atoms with van der Waals surface area (Å²) in [5.41, 5.74) is 1.27. The summed E-state index contributed by atoms with van der Waals surface area (Å²) in [4.78, 5) is 0. The van der Waals surface area contributed by atoms with E-state index in [-0.39, 0.29) is 0 Å². The molecule has 3 rings (SSSR count). The standard InChI is InChI=1S/C19H18N2O2S/c20-24(22,23)21-19(16-10-4-1-5-11-16,17-12-6-2-7-13-17)18-14-8-3-9-15-18/h1-15,21H,(H2,20,22,23). The van der Waals surface area contributed by atoms with Crippen LogP contribution in [0.1, 0.15) is 16.7 Å². The van der Waals surface area contributed by atoms with E-state index < -0.39 is 15.7 Å². The average molecular weight is 338 g/mol. The molecule has 0 radical (unpaired) electrons. The second kappa shape index (κ2) is 6.57. The highest BCUT2D eigenvalue weighted by Gasteiger charge is 2.39. The molecule has 0 saturated heterocycles. The second-order valence-corrected chi connectivity index (χ2v) is 6.79. The molecule has 122 valence electrons. The lowest BCUT2D eigenvalue weighted by atomic mass is 9.78. The van der Waals surface area contributed by atoms with Gasteiger partial charge in [-0.05, 0) is 16.7 Å². The molecular weight excluding hydrogens is 320 g/mol. The Labute approximate surface area is 142 Å². The van der Waals surface area contributed by atoms with E-state index in [1.165, 1.54) is 0 Å². The topological polar surface area (TPSA) is 72.2 Å². The molecule has 4 nitrogen and oxygen atoms in total. The van der Waals surface area contributed by atoms with E-state index in [2.05, 4.69) is 4.72 Å². The lowest BCUT2D eigenvalue weighted by Gasteiger charge is -2.35. The van der Waals surface area contributed by atoms with Gasteiger partial charge in [0.25, 0.3) is 10.2 Å². The van der Waals surface area contributed by atoms with Crippen molar-refractivity contribution in [3.63, 3.8) is 0 Å². The molecule has 0 saturated carbocycles. The number of rotatable bonds is 5. The summed E-state index contributed by atoms with van der Waals surface area (Å²) in [6.45, 7) is 0. The molecule has 0 bridgehead atoms. The molecule has 3 aromatic rings. The summed E-state index contributed by atoms with van der Waals surface area (Å²) >= 11 is 0. The van der Waals surface area contributed by atoms with Crippen LogP contribution in [0.15, 0.2) is 91.0 Å². The summed E-state index contributed by atoms with van der Waals surface area (Å²) in [6.07, 6.45) is 0. The highest BCUT2D eigenvalue weighted by Crippen LogP contribution is 2.36. The molecular formula is C19H18N2O2S. The van der Waals surface area contributed by atoms with Gasteiger partial charge in [-0.3, -0.25) is 0 Å². The fourth-order valence-corrected chi connectivity index (χ4v) is 3.73. The number of hydrogen-bond acceptors (Lipinski definition) is 2. The molecule has 24 heavy (non-hydrogen) atoms. The Morgan fingerprint density at radius 2 is 0.917 bits per heavy atom. The molecule has 0 unspecified atom stereocenters. The lowest BCUT2D eigenvalue weighted by molar-refractivity contribution is 0.528. The summed E-state index contributed by atoms with van der Waals surface area (Å²) in [5.74, 6) is 0. The Bertz CT molecular complexity index is 799. The Hall–Kier alpha value is -2.47. The number of benzene rings is 3. The SMILES string of the molecule is NS(=O)(=O)NC(c1ccccc1)(c1ccccc1)c1ccccc1. The summed E-state index contributed by atoms with van der Waals surface area (Å²) in [7, 11) is -3.98. The predicted octanol–water partition coefficient (Wildman–Crippen LogP) is 2.77. The Morgan fingerprint density at radius 1 is 0.625 bits per heavy atom. The minimum atomic E-state index is -3.98. The van der Waals surface area contributed by atoms with Gasteiger partial charge in [0.2, 0.25) is 0 Å². The molecule has 0 fully saturated rings. The lowest BCUT2D eigenvalue weighted by Crippen LogP contribution is -2.50. The zero-order valence-electron chi connectivity index (χ0n) is 13.0. The maximum absolute atomic E-state index is 12.0. The monoisotopic (exact) mass is 338 g/mol. The van der Waals surface area contributed by atoms with Gasteiger partial charge in [0.1, 0.15) is 5.54 Å². The van der Waals surface area contributed by atoms with Crippen molar-refractivity contribution in [2.45, 2.75) is 5.54 Å². The van der Waals surface area contributed by atoms with Crippen LogP contribution >= 0.6 is 0 Å². The van der Waals surface area contributed by atoms with Crippen molar-refractivity contribution in [1.82, 2.24) is 4.72 Å². The molecule has 3 aromatic carbocycles. The van der Waals surface area contributed by atoms with Crippen LogP contribution in [-0.2, 0) is 15.7 Å². The van der Waals surface area contributed by atoms with Crippen molar-refractivity contribution < 1.29 is 8.42 Å². The van der Waals surface area contributed by atoms with E-state index in [1.54, 1.807) is 0 Å². The third kappa shape index (κ3) is 3.23. The summed E-state index contributed by atoms with van der Waals surface area (Å²) in [6, 6.07) is 28.2. The molecule has 0 amide bonds. The van der Waals surface area contributed by atoms with Gasteiger partial charge in [-0.15, -0.1) is 0 Å². The van der Waals surface area contributed by atoms with Crippen LogP contribution in [0.25, 0.3) is 0 Å². The minimum absolute atomic E-state index is 0.788. The highest BCUT2D eigenvalue weighted by atomic mass is 32.2. The van der Waals surface area contributed by atoms with Crippen LogP contribution < -0.4 is 9.86 Å².